The van der Waals surface area contributed by atoms with Gasteiger partial charge < -0.3 is 25.2 Å². The fourth-order valence-corrected chi connectivity index (χ4v) is 3.26. The quantitative estimate of drug-likeness (QED) is 0.532. The predicted molar refractivity (Wildman–Crippen MR) is 119 cm³/mol. The van der Waals surface area contributed by atoms with Gasteiger partial charge in [-0.05, 0) is 36.8 Å². The number of aliphatic imine (C=N–C) groups is 1. The van der Waals surface area contributed by atoms with Crippen molar-refractivity contribution in [2.24, 2.45) is 4.99 Å². The number of hydrogen-bond donors (Lipinski definition) is 2. The maximum Gasteiger partial charge on any atom is 0.242 e. The first-order valence-electron chi connectivity index (χ1n) is 10.3. The van der Waals surface area contributed by atoms with Crippen LogP contribution < -0.4 is 20.3 Å². The highest BCUT2D eigenvalue weighted by atomic mass is 16.5. The molecule has 3 rings (SSSR count). The van der Waals surface area contributed by atoms with Gasteiger partial charge in [0.2, 0.25) is 5.91 Å². The van der Waals surface area contributed by atoms with E-state index < -0.39 is 0 Å². The van der Waals surface area contributed by atoms with E-state index in [0.29, 0.717) is 6.54 Å². The van der Waals surface area contributed by atoms with Crippen LogP contribution in [0, 0.1) is 0 Å². The van der Waals surface area contributed by atoms with Gasteiger partial charge in [0.1, 0.15) is 18.1 Å². The molecule has 1 aliphatic rings. The molecule has 0 unspecified atom stereocenters. The second-order valence-corrected chi connectivity index (χ2v) is 6.96. The Hall–Kier alpha value is -3.29. The number of nitrogens with zero attached hydrogens (tertiary/aromatic N) is 4. The zero-order valence-corrected chi connectivity index (χ0v) is 17.7. The predicted octanol–water partition coefficient (Wildman–Crippen LogP) is 1.49. The largest absolute Gasteiger partial charge is 0.497 e. The van der Waals surface area contributed by atoms with E-state index in [1.807, 2.05) is 55.6 Å². The summed E-state index contributed by atoms with van der Waals surface area (Å²) in [6.07, 6.45) is 1.82. The standard InChI is InChI=1S/C22H30N6O2/c1-3-23-22(28-14-12-27(13-15-28)20-6-4-5-11-24-20)26-17-21(29)25-16-18-7-9-19(30-2)10-8-18/h4-11H,3,12-17H2,1-2H3,(H,23,26)(H,25,29). The first-order valence-corrected chi connectivity index (χ1v) is 10.3. The summed E-state index contributed by atoms with van der Waals surface area (Å²) in [7, 11) is 1.63. The number of ether oxygens (including phenoxy) is 1. The Morgan fingerprint density at radius 2 is 1.87 bits per heavy atom. The number of benzene rings is 1. The summed E-state index contributed by atoms with van der Waals surface area (Å²) in [6.45, 7) is 6.74. The number of aromatic nitrogens is 1. The molecule has 8 heteroatoms. The van der Waals surface area contributed by atoms with Gasteiger partial charge >= 0.3 is 0 Å². The van der Waals surface area contributed by atoms with E-state index >= 15 is 0 Å². The molecule has 1 aromatic heterocycles. The normalized spacial score (nSPS) is 14.4. The molecule has 1 saturated heterocycles. The van der Waals surface area contributed by atoms with Crippen molar-refractivity contribution in [2.45, 2.75) is 13.5 Å². The molecular weight excluding hydrogens is 380 g/mol. The second-order valence-electron chi connectivity index (χ2n) is 6.96. The minimum Gasteiger partial charge on any atom is -0.497 e. The van der Waals surface area contributed by atoms with Crippen molar-refractivity contribution in [3.05, 3.63) is 54.2 Å². The molecule has 0 atom stereocenters. The average Bonchev–Trinajstić information content (AvgIpc) is 2.81. The highest BCUT2D eigenvalue weighted by molar-refractivity contribution is 5.85. The number of guanidine groups is 1. The smallest absolute Gasteiger partial charge is 0.242 e. The molecule has 1 aromatic carbocycles. The Labute approximate surface area is 178 Å². The molecule has 0 radical (unpaired) electrons. The van der Waals surface area contributed by atoms with Crippen LogP contribution in [0.1, 0.15) is 12.5 Å². The number of hydrogen-bond acceptors (Lipinski definition) is 5. The van der Waals surface area contributed by atoms with Crippen LogP contribution in [0.25, 0.3) is 0 Å². The molecule has 8 nitrogen and oxygen atoms in total. The molecule has 2 heterocycles. The van der Waals surface area contributed by atoms with Gasteiger partial charge in [0.05, 0.1) is 7.11 Å². The number of piperazine rings is 1. The summed E-state index contributed by atoms with van der Waals surface area (Å²) < 4.78 is 5.15. The molecule has 2 N–H and O–H groups in total. The molecule has 0 saturated carbocycles. The van der Waals surface area contributed by atoms with Crippen LogP contribution in [-0.2, 0) is 11.3 Å². The van der Waals surface area contributed by atoms with Crippen LogP contribution in [0.3, 0.4) is 0 Å². The van der Waals surface area contributed by atoms with Crippen LogP contribution in [0.4, 0.5) is 5.82 Å². The van der Waals surface area contributed by atoms with Crippen LogP contribution in [-0.4, -0.2) is 68.1 Å². The first-order chi connectivity index (χ1) is 14.7. The van der Waals surface area contributed by atoms with Crippen LogP contribution in [0.2, 0.25) is 0 Å². The maximum absolute atomic E-state index is 12.3. The molecule has 2 aromatic rings. The molecule has 1 aliphatic heterocycles. The summed E-state index contributed by atoms with van der Waals surface area (Å²) in [5.74, 6) is 2.47. The number of pyridine rings is 1. The SMILES string of the molecule is CCNC(=NCC(=O)NCc1ccc(OC)cc1)N1CCN(c2ccccn2)CC1. The third-order valence-electron chi connectivity index (χ3n) is 4.91. The molecule has 0 spiro atoms. The maximum atomic E-state index is 12.3. The summed E-state index contributed by atoms with van der Waals surface area (Å²) in [4.78, 5) is 25.7. The lowest BCUT2D eigenvalue weighted by atomic mass is 10.2. The van der Waals surface area contributed by atoms with Gasteiger partial charge in [-0.1, -0.05) is 18.2 Å². The van der Waals surface area contributed by atoms with Crippen LogP contribution in [0.5, 0.6) is 5.75 Å². The van der Waals surface area contributed by atoms with Gasteiger partial charge in [0.25, 0.3) is 0 Å². The third kappa shape index (κ3) is 6.10. The van der Waals surface area contributed by atoms with Crippen LogP contribution in [0.15, 0.2) is 53.7 Å². The number of methoxy groups -OCH3 is 1. The second kappa shape index (κ2) is 11.0. The number of nitrogens with one attached hydrogen (secondary N) is 2. The highest BCUT2D eigenvalue weighted by Gasteiger charge is 2.20. The van der Waals surface area contributed by atoms with Crippen molar-refractivity contribution in [3.63, 3.8) is 0 Å². The Balaban J connectivity index is 1.49. The van der Waals surface area contributed by atoms with Gasteiger partial charge in [-0.25, -0.2) is 9.98 Å². The van der Waals surface area contributed by atoms with Gasteiger partial charge in [-0.2, -0.15) is 0 Å². The molecule has 1 fully saturated rings. The zero-order valence-electron chi connectivity index (χ0n) is 17.7. The van der Waals surface area contributed by atoms with E-state index in [1.165, 1.54) is 0 Å². The van der Waals surface area contributed by atoms with E-state index in [1.54, 1.807) is 7.11 Å². The van der Waals surface area contributed by atoms with Crippen molar-refractivity contribution in [1.29, 1.82) is 0 Å². The van der Waals surface area contributed by atoms with Crippen molar-refractivity contribution < 1.29 is 9.53 Å². The number of carbonyl (C=O) groups is 1. The van der Waals surface area contributed by atoms with E-state index in [9.17, 15) is 4.79 Å². The van der Waals surface area contributed by atoms with E-state index in [-0.39, 0.29) is 12.5 Å². The Bertz CT molecular complexity index is 817. The first kappa shape index (κ1) is 21.4. The third-order valence-corrected chi connectivity index (χ3v) is 4.91. The summed E-state index contributed by atoms with van der Waals surface area (Å²) in [5, 5.41) is 6.21. The lowest BCUT2D eigenvalue weighted by Gasteiger charge is -2.37. The topological polar surface area (TPSA) is 82.1 Å². The number of anilines is 1. The molecule has 0 aliphatic carbocycles. The van der Waals surface area contributed by atoms with E-state index in [2.05, 4.69) is 30.4 Å². The monoisotopic (exact) mass is 410 g/mol. The Morgan fingerprint density at radius 3 is 2.50 bits per heavy atom. The summed E-state index contributed by atoms with van der Waals surface area (Å²) in [5.41, 5.74) is 1.02. The number of carbonyl (C=O) groups excluding carboxylic acids is 1. The lowest BCUT2D eigenvalue weighted by Crippen LogP contribution is -2.53. The van der Waals surface area contributed by atoms with Crippen LogP contribution >= 0.6 is 0 Å². The average molecular weight is 411 g/mol. The molecule has 30 heavy (non-hydrogen) atoms. The van der Waals surface area contributed by atoms with E-state index in [0.717, 1.165) is 55.8 Å². The summed E-state index contributed by atoms with van der Waals surface area (Å²) >= 11 is 0. The Morgan fingerprint density at radius 1 is 1.10 bits per heavy atom. The Kier molecular flexibility index (Phi) is 7.88. The molecular formula is C22H30N6O2. The number of rotatable bonds is 7. The molecule has 0 bridgehead atoms. The molecule has 1 amide bonds. The summed E-state index contributed by atoms with van der Waals surface area (Å²) in [6, 6.07) is 13.6. The lowest BCUT2D eigenvalue weighted by molar-refractivity contribution is -0.119. The van der Waals surface area contributed by atoms with Gasteiger partial charge in [0, 0.05) is 45.5 Å². The van der Waals surface area contributed by atoms with Crippen molar-refractivity contribution in [3.8, 4) is 5.75 Å². The highest BCUT2D eigenvalue weighted by Crippen LogP contribution is 2.13. The van der Waals surface area contributed by atoms with Crippen molar-refractivity contribution in [2.75, 3.05) is 51.3 Å². The zero-order chi connectivity index (χ0) is 21.2. The minimum atomic E-state index is -0.103. The minimum absolute atomic E-state index is 0.0962. The molecule has 160 valence electrons. The van der Waals surface area contributed by atoms with E-state index in [4.69, 9.17) is 4.74 Å². The van der Waals surface area contributed by atoms with Gasteiger partial charge in [-0.15, -0.1) is 0 Å². The fourth-order valence-electron chi connectivity index (χ4n) is 3.26. The van der Waals surface area contributed by atoms with Gasteiger partial charge in [-0.3, -0.25) is 4.79 Å². The van der Waals surface area contributed by atoms with Crippen molar-refractivity contribution >= 4 is 17.7 Å². The number of amides is 1. The van der Waals surface area contributed by atoms with Gasteiger partial charge in [0.15, 0.2) is 5.96 Å². The van der Waals surface area contributed by atoms with Crippen molar-refractivity contribution in [1.82, 2.24) is 20.5 Å². The fraction of sp³-hybridized carbons (Fsp3) is 0.409.